The van der Waals surface area contributed by atoms with Crippen LogP contribution in [0.2, 0.25) is 0 Å². The highest BCUT2D eigenvalue weighted by Crippen LogP contribution is 2.28. The van der Waals surface area contributed by atoms with Crippen LogP contribution in [0.25, 0.3) is 0 Å². The zero-order valence-corrected chi connectivity index (χ0v) is 12.5. The van der Waals surface area contributed by atoms with Crippen molar-refractivity contribution in [3.63, 3.8) is 0 Å². The minimum atomic E-state index is -1.15. The molecule has 21 heavy (non-hydrogen) atoms. The van der Waals surface area contributed by atoms with E-state index in [1.54, 1.807) is 31.8 Å². The Hall–Kier alpha value is -2.12. The molecule has 1 aromatic heterocycles. The molecule has 1 fully saturated rings. The second-order valence-electron chi connectivity index (χ2n) is 5.66. The Labute approximate surface area is 123 Å². The Morgan fingerprint density at radius 1 is 1.48 bits per heavy atom. The molecule has 8 heteroatoms. The van der Waals surface area contributed by atoms with E-state index in [1.807, 2.05) is 0 Å². The van der Waals surface area contributed by atoms with Gasteiger partial charge >= 0.3 is 12.0 Å². The Kier molecular flexibility index (Phi) is 4.15. The summed E-state index contributed by atoms with van der Waals surface area (Å²) in [5.41, 5.74) is -1.15. The fourth-order valence-corrected chi connectivity index (χ4v) is 2.68. The molecule has 0 bridgehead atoms. The molecule has 2 N–H and O–H groups in total. The molecule has 1 aliphatic rings. The van der Waals surface area contributed by atoms with E-state index in [1.165, 1.54) is 4.90 Å². The van der Waals surface area contributed by atoms with E-state index in [0.717, 1.165) is 12.8 Å². The summed E-state index contributed by atoms with van der Waals surface area (Å²) in [6.07, 6.45) is 3.65. The molecule has 0 spiro atoms. The maximum atomic E-state index is 12.4. The van der Waals surface area contributed by atoms with Crippen LogP contribution in [0.3, 0.4) is 0 Å². The summed E-state index contributed by atoms with van der Waals surface area (Å²) in [6, 6.07) is -0.722. The Bertz CT molecular complexity index is 544. The second kappa shape index (κ2) is 5.71. The normalized spacial score (nSPS) is 23.7. The number of nitrogens with zero attached hydrogens (tertiary/aromatic N) is 4. The number of carboxylic acid groups (broad SMARTS) is 1. The minimum Gasteiger partial charge on any atom is -0.480 e. The number of piperidine rings is 1. The van der Waals surface area contributed by atoms with Crippen molar-refractivity contribution in [1.29, 1.82) is 0 Å². The number of carbonyl (C=O) groups is 2. The summed E-state index contributed by atoms with van der Waals surface area (Å²) < 4.78 is 1.72. The maximum Gasteiger partial charge on any atom is 0.329 e. The number of likely N-dealkylation sites (tertiary alicyclic amines) is 1. The smallest absolute Gasteiger partial charge is 0.329 e. The molecular formula is C13H21N5O3. The van der Waals surface area contributed by atoms with Gasteiger partial charge in [-0.05, 0) is 33.1 Å². The van der Waals surface area contributed by atoms with Gasteiger partial charge in [-0.1, -0.05) is 0 Å². The van der Waals surface area contributed by atoms with Gasteiger partial charge in [-0.25, -0.2) is 9.59 Å². The predicted molar refractivity (Wildman–Crippen MR) is 74.5 cm³/mol. The summed E-state index contributed by atoms with van der Waals surface area (Å²) in [4.78, 5) is 25.3. The molecule has 0 aromatic carbocycles. The van der Waals surface area contributed by atoms with Crippen LogP contribution >= 0.6 is 0 Å². The number of aromatic nitrogens is 3. The highest BCUT2D eigenvalue weighted by molar-refractivity contribution is 5.86. The monoisotopic (exact) mass is 295 g/mol. The number of urea groups is 1. The van der Waals surface area contributed by atoms with Gasteiger partial charge in [0.25, 0.3) is 0 Å². The topological polar surface area (TPSA) is 100 Å². The lowest BCUT2D eigenvalue weighted by atomic mass is 9.89. The molecule has 1 saturated heterocycles. The maximum absolute atomic E-state index is 12.4. The molecule has 1 aliphatic heterocycles. The van der Waals surface area contributed by atoms with Crippen LogP contribution in [0.15, 0.2) is 6.33 Å². The number of nitrogens with one attached hydrogen (secondary N) is 1. The van der Waals surface area contributed by atoms with E-state index < -0.39 is 11.5 Å². The SMILES string of the molecule is CC(NC(=O)N1CCCCC1(C)C(=O)O)c1nncn1C. The van der Waals surface area contributed by atoms with Gasteiger partial charge in [0.1, 0.15) is 11.9 Å². The van der Waals surface area contributed by atoms with Gasteiger partial charge in [-0.3, -0.25) is 0 Å². The highest BCUT2D eigenvalue weighted by Gasteiger charge is 2.44. The number of carbonyl (C=O) groups excluding carboxylic acids is 1. The number of rotatable bonds is 3. The molecule has 2 heterocycles. The van der Waals surface area contributed by atoms with E-state index in [4.69, 9.17) is 0 Å². The molecule has 2 amide bonds. The average molecular weight is 295 g/mol. The van der Waals surface area contributed by atoms with E-state index >= 15 is 0 Å². The Morgan fingerprint density at radius 3 is 2.76 bits per heavy atom. The summed E-state index contributed by atoms with van der Waals surface area (Å²) in [5.74, 6) is -0.346. The van der Waals surface area contributed by atoms with Crippen molar-refractivity contribution in [3.8, 4) is 0 Å². The summed E-state index contributed by atoms with van der Waals surface area (Å²) in [6.45, 7) is 3.84. The van der Waals surface area contributed by atoms with Crippen molar-refractivity contribution in [1.82, 2.24) is 25.0 Å². The third-order valence-corrected chi connectivity index (χ3v) is 4.07. The standard InChI is InChI=1S/C13H21N5O3/c1-9(10-16-14-8-17(10)3)15-12(21)18-7-5-4-6-13(18,2)11(19)20/h8-9H,4-7H2,1-3H3,(H,15,21)(H,19,20). The summed E-state index contributed by atoms with van der Waals surface area (Å²) in [7, 11) is 1.79. The van der Waals surface area contributed by atoms with Gasteiger partial charge in [-0.15, -0.1) is 10.2 Å². The lowest BCUT2D eigenvalue weighted by Gasteiger charge is -2.41. The lowest BCUT2D eigenvalue weighted by molar-refractivity contribution is -0.150. The minimum absolute atomic E-state index is 0.343. The summed E-state index contributed by atoms with van der Waals surface area (Å²) in [5, 5.41) is 20.0. The number of aliphatic carboxylic acids is 1. The van der Waals surface area contributed by atoms with Crippen molar-refractivity contribution >= 4 is 12.0 Å². The molecule has 0 aliphatic carbocycles. The van der Waals surface area contributed by atoms with Gasteiger partial charge in [0.05, 0.1) is 6.04 Å². The number of carboxylic acids is 1. The molecular weight excluding hydrogens is 274 g/mol. The number of hydrogen-bond acceptors (Lipinski definition) is 4. The number of aryl methyl sites for hydroxylation is 1. The van der Waals surface area contributed by atoms with Crippen molar-refractivity contribution in [2.24, 2.45) is 7.05 Å². The van der Waals surface area contributed by atoms with Crippen LogP contribution < -0.4 is 5.32 Å². The van der Waals surface area contributed by atoms with Gasteiger partial charge in [0.15, 0.2) is 5.82 Å². The van der Waals surface area contributed by atoms with E-state index in [2.05, 4.69) is 15.5 Å². The number of hydrogen-bond donors (Lipinski definition) is 2. The lowest BCUT2D eigenvalue weighted by Crippen LogP contribution is -2.60. The third kappa shape index (κ3) is 2.84. The van der Waals surface area contributed by atoms with Crippen LogP contribution in [0.1, 0.15) is 45.0 Å². The van der Waals surface area contributed by atoms with Gasteiger partial charge in [0, 0.05) is 13.6 Å². The fraction of sp³-hybridized carbons (Fsp3) is 0.692. The largest absolute Gasteiger partial charge is 0.480 e. The first-order chi connectivity index (χ1) is 9.86. The van der Waals surface area contributed by atoms with Gasteiger partial charge in [-0.2, -0.15) is 0 Å². The first kappa shape index (κ1) is 15.3. The van der Waals surface area contributed by atoms with Crippen LogP contribution in [0.4, 0.5) is 4.79 Å². The first-order valence-corrected chi connectivity index (χ1v) is 7.01. The quantitative estimate of drug-likeness (QED) is 0.863. The van der Waals surface area contributed by atoms with Gasteiger partial charge < -0.3 is 19.9 Å². The molecule has 0 radical (unpaired) electrons. The van der Waals surface area contributed by atoms with E-state index in [9.17, 15) is 14.7 Å². The third-order valence-electron chi connectivity index (χ3n) is 4.07. The van der Waals surface area contributed by atoms with Crippen LogP contribution in [-0.2, 0) is 11.8 Å². The second-order valence-corrected chi connectivity index (χ2v) is 5.66. The molecule has 116 valence electrons. The van der Waals surface area contributed by atoms with Crippen molar-refractivity contribution in [2.75, 3.05) is 6.54 Å². The number of amides is 2. The van der Waals surface area contributed by atoms with Crippen LogP contribution in [0, 0.1) is 0 Å². The first-order valence-electron chi connectivity index (χ1n) is 7.01. The van der Waals surface area contributed by atoms with E-state index in [-0.39, 0.29) is 12.1 Å². The summed E-state index contributed by atoms with van der Waals surface area (Å²) >= 11 is 0. The molecule has 8 nitrogen and oxygen atoms in total. The zero-order valence-electron chi connectivity index (χ0n) is 12.5. The van der Waals surface area contributed by atoms with Crippen LogP contribution in [-0.4, -0.2) is 48.9 Å². The fourth-order valence-electron chi connectivity index (χ4n) is 2.68. The zero-order chi connectivity index (χ0) is 15.6. The Morgan fingerprint density at radius 2 is 2.19 bits per heavy atom. The van der Waals surface area contributed by atoms with Crippen molar-refractivity contribution in [3.05, 3.63) is 12.2 Å². The Balaban J connectivity index is 2.11. The van der Waals surface area contributed by atoms with Crippen molar-refractivity contribution in [2.45, 2.75) is 44.7 Å². The molecule has 2 unspecified atom stereocenters. The van der Waals surface area contributed by atoms with E-state index in [0.29, 0.717) is 18.8 Å². The van der Waals surface area contributed by atoms with Gasteiger partial charge in [0.2, 0.25) is 0 Å². The average Bonchev–Trinajstić information content (AvgIpc) is 2.85. The predicted octanol–water partition coefficient (Wildman–Crippen LogP) is 0.915. The molecule has 2 rings (SSSR count). The van der Waals surface area contributed by atoms with Crippen molar-refractivity contribution < 1.29 is 14.7 Å². The molecule has 2 atom stereocenters. The van der Waals surface area contributed by atoms with Crippen LogP contribution in [0.5, 0.6) is 0 Å². The molecule has 0 saturated carbocycles. The highest BCUT2D eigenvalue weighted by atomic mass is 16.4. The molecule has 1 aromatic rings.